The summed E-state index contributed by atoms with van der Waals surface area (Å²) >= 11 is 0. The molecular formula is C25H35FN2O3. The van der Waals surface area contributed by atoms with Crippen molar-refractivity contribution >= 4 is 5.97 Å². The van der Waals surface area contributed by atoms with Gasteiger partial charge in [-0.2, -0.15) is 0 Å². The van der Waals surface area contributed by atoms with Crippen molar-refractivity contribution in [2.75, 3.05) is 13.2 Å². The van der Waals surface area contributed by atoms with Crippen LogP contribution in [0.4, 0.5) is 4.39 Å². The van der Waals surface area contributed by atoms with Crippen molar-refractivity contribution < 1.29 is 19.0 Å². The first-order valence-corrected chi connectivity index (χ1v) is 11.5. The van der Waals surface area contributed by atoms with E-state index < -0.39 is 6.10 Å². The number of esters is 1. The maximum absolute atomic E-state index is 13.2. The Morgan fingerprint density at radius 3 is 2.68 bits per heavy atom. The smallest absolute Gasteiger partial charge is 0.305 e. The van der Waals surface area contributed by atoms with E-state index in [9.17, 15) is 14.3 Å². The molecule has 1 aromatic carbocycles. The van der Waals surface area contributed by atoms with Gasteiger partial charge in [0.05, 0.1) is 0 Å². The number of hydrogen-bond donors (Lipinski definition) is 1. The van der Waals surface area contributed by atoms with Gasteiger partial charge in [0, 0.05) is 44.0 Å². The van der Waals surface area contributed by atoms with Crippen LogP contribution in [0.15, 0.2) is 42.6 Å². The van der Waals surface area contributed by atoms with Crippen molar-refractivity contribution in [1.82, 2.24) is 9.47 Å². The van der Waals surface area contributed by atoms with Gasteiger partial charge in [-0.15, -0.1) is 0 Å². The summed E-state index contributed by atoms with van der Waals surface area (Å²) in [6.07, 6.45) is 8.40. The molecule has 1 saturated carbocycles. The van der Waals surface area contributed by atoms with E-state index in [2.05, 4.69) is 15.5 Å². The number of halogens is 1. The standard InChI is InChI=1S/C25H35FN2O3/c1-2-7-25(30)31-19-24(29)18-28(22-8-4-3-5-9-22)17-23-10-6-15-27(23)16-20-11-13-21(26)14-12-20/h6,10-15,22,24,29H,2-5,7-9,16-19H2,1H3. The Balaban J connectivity index is 1.65. The number of carbonyl (C=O) groups is 1. The number of benzene rings is 1. The zero-order valence-corrected chi connectivity index (χ0v) is 18.5. The van der Waals surface area contributed by atoms with Crippen LogP contribution in [0.2, 0.25) is 0 Å². The Hall–Kier alpha value is -2.18. The van der Waals surface area contributed by atoms with Gasteiger partial charge in [0.25, 0.3) is 0 Å². The fourth-order valence-electron chi connectivity index (χ4n) is 4.32. The largest absolute Gasteiger partial charge is 0.463 e. The van der Waals surface area contributed by atoms with Gasteiger partial charge in [-0.25, -0.2) is 4.39 Å². The van der Waals surface area contributed by atoms with E-state index in [4.69, 9.17) is 4.74 Å². The van der Waals surface area contributed by atoms with Gasteiger partial charge in [0.15, 0.2) is 0 Å². The molecule has 5 nitrogen and oxygen atoms in total. The van der Waals surface area contributed by atoms with Crippen LogP contribution >= 0.6 is 0 Å². The van der Waals surface area contributed by atoms with E-state index in [0.717, 1.165) is 37.1 Å². The third-order valence-corrected chi connectivity index (χ3v) is 5.98. The molecule has 3 rings (SSSR count). The van der Waals surface area contributed by atoms with Crippen LogP contribution < -0.4 is 0 Å². The first-order valence-electron chi connectivity index (χ1n) is 11.5. The third kappa shape index (κ3) is 7.47. The van der Waals surface area contributed by atoms with E-state index in [0.29, 0.717) is 25.6 Å². The minimum absolute atomic E-state index is 0.0403. The normalized spacial score (nSPS) is 15.9. The molecule has 170 valence electrons. The molecule has 0 radical (unpaired) electrons. The van der Waals surface area contributed by atoms with Gasteiger partial charge >= 0.3 is 5.97 Å². The number of hydrogen-bond acceptors (Lipinski definition) is 4. The minimum Gasteiger partial charge on any atom is -0.463 e. The average molecular weight is 431 g/mol. The fraction of sp³-hybridized carbons (Fsp3) is 0.560. The van der Waals surface area contributed by atoms with Crippen molar-refractivity contribution in [3.05, 3.63) is 59.7 Å². The number of aliphatic hydroxyl groups excluding tert-OH is 1. The number of ether oxygens (including phenoxy) is 1. The maximum Gasteiger partial charge on any atom is 0.305 e. The molecule has 0 aliphatic heterocycles. The summed E-state index contributed by atoms with van der Waals surface area (Å²) in [6.45, 7) is 3.85. The molecule has 6 heteroatoms. The highest BCUT2D eigenvalue weighted by atomic mass is 19.1. The summed E-state index contributed by atoms with van der Waals surface area (Å²) in [5.74, 6) is -0.479. The van der Waals surface area contributed by atoms with Gasteiger partial charge in [-0.05, 0) is 49.1 Å². The Bertz CT molecular complexity index is 799. The molecule has 0 amide bonds. The van der Waals surface area contributed by atoms with Crippen LogP contribution in [0.25, 0.3) is 0 Å². The lowest BCUT2D eigenvalue weighted by Gasteiger charge is -2.35. The molecule has 2 aromatic rings. The first-order chi connectivity index (χ1) is 15.0. The van der Waals surface area contributed by atoms with Crippen molar-refractivity contribution in [3.8, 4) is 0 Å². The van der Waals surface area contributed by atoms with Crippen LogP contribution in [-0.2, 0) is 22.6 Å². The summed E-state index contributed by atoms with van der Waals surface area (Å²) in [7, 11) is 0. The molecule has 1 aromatic heterocycles. The Labute approximate surface area is 184 Å². The zero-order valence-electron chi connectivity index (χ0n) is 18.5. The second-order valence-corrected chi connectivity index (χ2v) is 8.56. The lowest BCUT2D eigenvalue weighted by atomic mass is 9.94. The number of rotatable bonds is 11. The average Bonchev–Trinajstić information content (AvgIpc) is 3.21. The van der Waals surface area contributed by atoms with E-state index >= 15 is 0 Å². The topological polar surface area (TPSA) is 54.7 Å². The SMILES string of the molecule is CCCC(=O)OCC(O)CN(Cc1cccn1Cc1ccc(F)cc1)C1CCCCC1. The third-order valence-electron chi connectivity index (χ3n) is 5.98. The molecule has 1 aliphatic rings. The first kappa shape index (κ1) is 23.5. The van der Waals surface area contributed by atoms with Crippen LogP contribution in [-0.4, -0.2) is 45.8 Å². The van der Waals surface area contributed by atoms with Gasteiger partial charge < -0.3 is 14.4 Å². The lowest BCUT2D eigenvalue weighted by molar-refractivity contribution is -0.147. The van der Waals surface area contributed by atoms with Crippen molar-refractivity contribution in [2.45, 2.75) is 77.1 Å². The molecule has 1 atom stereocenters. The molecule has 0 spiro atoms. The van der Waals surface area contributed by atoms with Crippen LogP contribution in [0.3, 0.4) is 0 Å². The lowest BCUT2D eigenvalue weighted by Crippen LogP contribution is -2.43. The predicted molar refractivity (Wildman–Crippen MR) is 119 cm³/mol. The van der Waals surface area contributed by atoms with E-state index in [-0.39, 0.29) is 18.4 Å². The summed E-state index contributed by atoms with van der Waals surface area (Å²) in [6, 6.07) is 11.2. The van der Waals surface area contributed by atoms with Gasteiger partial charge in [-0.1, -0.05) is 38.3 Å². The monoisotopic (exact) mass is 430 g/mol. The number of nitrogens with zero attached hydrogens (tertiary/aromatic N) is 2. The highest BCUT2D eigenvalue weighted by Gasteiger charge is 2.24. The van der Waals surface area contributed by atoms with Gasteiger partial charge in [0.2, 0.25) is 0 Å². The van der Waals surface area contributed by atoms with E-state index in [1.807, 2.05) is 31.3 Å². The zero-order chi connectivity index (χ0) is 22.1. The Kier molecular flexibility index (Phi) is 9.10. The van der Waals surface area contributed by atoms with Crippen LogP contribution in [0.1, 0.15) is 63.1 Å². The predicted octanol–water partition coefficient (Wildman–Crippen LogP) is 4.51. The van der Waals surface area contributed by atoms with E-state index in [1.165, 1.54) is 31.4 Å². The minimum atomic E-state index is -0.705. The second kappa shape index (κ2) is 12.0. The van der Waals surface area contributed by atoms with Gasteiger partial charge in [0.1, 0.15) is 18.5 Å². The van der Waals surface area contributed by atoms with Crippen molar-refractivity contribution in [3.63, 3.8) is 0 Å². The molecule has 0 saturated heterocycles. The molecular weight excluding hydrogens is 395 g/mol. The second-order valence-electron chi connectivity index (χ2n) is 8.56. The maximum atomic E-state index is 13.2. The van der Waals surface area contributed by atoms with Crippen LogP contribution in [0.5, 0.6) is 0 Å². The summed E-state index contributed by atoms with van der Waals surface area (Å²) in [5, 5.41) is 10.6. The fourth-order valence-corrected chi connectivity index (χ4v) is 4.32. The molecule has 1 N–H and O–H groups in total. The van der Waals surface area contributed by atoms with E-state index in [1.54, 1.807) is 0 Å². The summed E-state index contributed by atoms with van der Waals surface area (Å²) in [5.41, 5.74) is 2.20. The molecule has 1 fully saturated rings. The number of carbonyl (C=O) groups excluding carboxylic acids is 1. The van der Waals surface area contributed by atoms with Gasteiger partial charge in [-0.3, -0.25) is 9.69 Å². The Morgan fingerprint density at radius 2 is 1.97 bits per heavy atom. The summed E-state index contributed by atoms with van der Waals surface area (Å²) in [4.78, 5) is 14.0. The highest BCUT2D eigenvalue weighted by molar-refractivity contribution is 5.69. The molecule has 1 aliphatic carbocycles. The number of aliphatic hydroxyl groups is 1. The molecule has 31 heavy (non-hydrogen) atoms. The van der Waals surface area contributed by atoms with Crippen molar-refractivity contribution in [2.24, 2.45) is 0 Å². The summed E-state index contributed by atoms with van der Waals surface area (Å²) < 4.78 is 20.6. The quantitative estimate of drug-likeness (QED) is 0.533. The molecule has 1 unspecified atom stereocenters. The molecule has 0 bridgehead atoms. The van der Waals surface area contributed by atoms with Crippen LogP contribution in [0, 0.1) is 5.82 Å². The number of aromatic nitrogens is 1. The Morgan fingerprint density at radius 1 is 1.23 bits per heavy atom. The molecule has 1 heterocycles. The highest BCUT2D eigenvalue weighted by Crippen LogP contribution is 2.25. The van der Waals surface area contributed by atoms with Crippen molar-refractivity contribution in [1.29, 1.82) is 0 Å².